The second kappa shape index (κ2) is 10.4. The van der Waals surface area contributed by atoms with Gasteiger partial charge in [0.2, 0.25) is 0 Å². The zero-order chi connectivity index (χ0) is 15.5. The molecule has 21 heavy (non-hydrogen) atoms. The van der Waals surface area contributed by atoms with Crippen molar-refractivity contribution in [2.24, 2.45) is 5.92 Å². The zero-order valence-electron chi connectivity index (χ0n) is 14.1. The van der Waals surface area contributed by atoms with Gasteiger partial charge in [-0.2, -0.15) is 0 Å². The van der Waals surface area contributed by atoms with E-state index in [1.54, 1.807) is 0 Å². The molecule has 118 valence electrons. The van der Waals surface area contributed by atoms with E-state index in [0.29, 0.717) is 5.92 Å². The van der Waals surface area contributed by atoms with E-state index in [-0.39, 0.29) is 0 Å². The van der Waals surface area contributed by atoms with Gasteiger partial charge >= 0.3 is 0 Å². The Kier molecular flexibility index (Phi) is 8.84. The molecule has 0 spiro atoms. The highest BCUT2D eigenvalue weighted by molar-refractivity contribution is 5.54. The summed E-state index contributed by atoms with van der Waals surface area (Å²) in [6.45, 7) is 11.7. The van der Waals surface area contributed by atoms with Crippen molar-refractivity contribution < 1.29 is 4.74 Å². The molecule has 0 bridgehead atoms. The lowest BCUT2D eigenvalue weighted by atomic mass is 10.00. The summed E-state index contributed by atoms with van der Waals surface area (Å²) in [6.07, 6.45) is 5.75. The Bertz CT molecular complexity index is 406. The summed E-state index contributed by atoms with van der Waals surface area (Å²) in [5, 5.41) is 3.49. The highest BCUT2D eigenvalue weighted by atomic mass is 16.5. The van der Waals surface area contributed by atoms with E-state index in [0.717, 1.165) is 31.9 Å². The first-order valence-corrected chi connectivity index (χ1v) is 8.31. The Morgan fingerprint density at radius 1 is 1.14 bits per heavy atom. The largest absolute Gasteiger partial charge is 0.494 e. The van der Waals surface area contributed by atoms with E-state index in [9.17, 15) is 0 Å². The molecule has 0 aliphatic rings. The number of rotatable bonds is 10. The fourth-order valence-corrected chi connectivity index (χ4v) is 2.04. The van der Waals surface area contributed by atoms with Gasteiger partial charge in [0, 0.05) is 6.54 Å². The lowest BCUT2D eigenvalue weighted by molar-refractivity contribution is 0.309. The molecule has 2 nitrogen and oxygen atoms in total. The standard InChI is InChI=1S/C19H31NO/c1-5-7-13-21-19-10-8-17(9-11-19)14-18(16(3)4)15-20-12-6-2/h8-11,14,16,20H,5-7,12-13,15H2,1-4H3. The molecule has 0 aliphatic carbocycles. The summed E-state index contributed by atoms with van der Waals surface area (Å²) < 4.78 is 5.70. The van der Waals surface area contributed by atoms with Crippen LogP contribution in [0.2, 0.25) is 0 Å². The van der Waals surface area contributed by atoms with Crippen molar-refractivity contribution in [2.45, 2.75) is 47.0 Å². The third-order valence-electron chi connectivity index (χ3n) is 3.50. The molecule has 0 saturated heterocycles. The normalized spacial score (nSPS) is 12.0. The monoisotopic (exact) mass is 289 g/mol. The van der Waals surface area contributed by atoms with Crippen LogP contribution >= 0.6 is 0 Å². The van der Waals surface area contributed by atoms with Gasteiger partial charge in [-0.3, -0.25) is 0 Å². The topological polar surface area (TPSA) is 21.3 Å². The number of hydrogen-bond donors (Lipinski definition) is 1. The van der Waals surface area contributed by atoms with Crippen molar-refractivity contribution in [3.63, 3.8) is 0 Å². The molecular weight excluding hydrogens is 258 g/mol. The van der Waals surface area contributed by atoms with Gasteiger partial charge in [0.1, 0.15) is 5.75 Å². The van der Waals surface area contributed by atoms with Gasteiger partial charge in [0.05, 0.1) is 6.61 Å². The van der Waals surface area contributed by atoms with E-state index in [1.165, 1.54) is 24.0 Å². The number of ether oxygens (including phenoxy) is 1. The van der Waals surface area contributed by atoms with Crippen molar-refractivity contribution in [3.05, 3.63) is 35.4 Å². The molecule has 0 aromatic heterocycles. The van der Waals surface area contributed by atoms with Crippen LogP contribution in [-0.4, -0.2) is 19.7 Å². The molecule has 1 N–H and O–H groups in total. The third-order valence-corrected chi connectivity index (χ3v) is 3.50. The lowest BCUT2D eigenvalue weighted by Gasteiger charge is -2.13. The van der Waals surface area contributed by atoms with Crippen LogP contribution in [0.1, 0.15) is 52.5 Å². The van der Waals surface area contributed by atoms with Crippen LogP contribution in [0.15, 0.2) is 29.8 Å². The highest BCUT2D eigenvalue weighted by Gasteiger charge is 2.03. The van der Waals surface area contributed by atoms with E-state index in [4.69, 9.17) is 4.74 Å². The number of hydrogen-bond acceptors (Lipinski definition) is 2. The maximum absolute atomic E-state index is 5.70. The highest BCUT2D eigenvalue weighted by Crippen LogP contribution is 2.18. The first kappa shape index (κ1) is 17.8. The van der Waals surface area contributed by atoms with Crippen molar-refractivity contribution in [2.75, 3.05) is 19.7 Å². The maximum Gasteiger partial charge on any atom is 0.119 e. The summed E-state index contributed by atoms with van der Waals surface area (Å²) in [7, 11) is 0. The summed E-state index contributed by atoms with van der Waals surface area (Å²) >= 11 is 0. The van der Waals surface area contributed by atoms with Gasteiger partial charge in [-0.1, -0.05) is 57.9 Å². The predicted molar refractivity (Wildman–Crippen MR) is 92.8 cm³/mol. The van der Waals surface area contributed by atoms with Crippen LogP contribution < -0.4 is 10.1 Å². The van der Waals surface area contributed by atoms with Crippen molar-refractivity contribution >= 4 is 6.08 Å². The van der Waals surface area contributed by atoms with Crippen LogP contribution in [0.4, 0.5) is 0 Å². The fourth-order valence-electron chi connectivity index (χ4n) is 2.04. The Labute approximate surface area is 130 Å². The summed E-state index contributed by atoms with van der Waals surface area (Å²) in [6, 6.07) is 8.42. The maximum atomic E-state index is 5.70. The van der Waals surface area contributed by atoms with Crippen LogP contribution in [0, 0.1) is 5.92 Å². The van der Waals surface area contributed by atoms with Gasteiger partial charge in [0.25, 0.3) is 0 Å². The Hall–Kier alpha value is -1.28. The number of nitrogens with one attached hydrogen (secondary N) is 1. The molecule has 0 radical (unpaired) electrons. The SMILES string of the molecule is CCCCOc1ccc(C=C(CNCCC)C(C)C)cc1. The average Bonchev–Trinajstić information content (AvgIpc) is 2.48. The van der Waals surface area contributed by atoms with E-state index in [2.05, 4.69) is 63.4 Å². The van der Waals surface area contributed by atoms with Gasteiger partial charge < -0.3 is 10.1 Å². The molecule has 0 saturated carbocycles. The van der Waals surface area contributed by atoms with Crippen LogP contribution in [0.5, 0.6) is 5.75 Å². The summed E-state index contributed by atoms with van der Waals surface area (Å²) in [4.78, 5) is 0. The van der Waals surface area contributed by atoms with Gasteiger partial charge in [-0.15, -0.1) is 0 Å². The van der Waals surface area contributed by atoms with Gasteiger partial charge in [-0.25, -0.2) is 0 Å². The molecule has 0 heterocycles. The van der Waals surface area contributed by atoms with E-state index < -0.39 is 0 Å². The van der Waals surface area contributed by atoms with Crippen LogP contribution in [0.25, 0.3) is 6.08 Å². The molecule has 2 heteroatoms. The van der Waals surface area contributed by atoms with Crippen LogP contribution in [-0.2, 0) is 0 Å². The van der Waals surface area contributed by atoms with Gasteiger partial charge in [-0.05, 0) is 43.0 Å². The van der Waals surface area contributed by atoms with Crippen molar-refractivity contribution in [1.29, 1.82) is 0 Å². The smallest absolute Gasteiger partial charge is 0.119 e. The third kappa shape index (κ3) is 7.33. The Morgan fingerprint density at radius 2 is 1.86 bits per heavy atom. The minimum absolute atomic E-state index is 0.565. The summed E-state index contributed by atoms with van der Waals surface area (Å²) in [5.74, 6) is 1.53. The molecule has 1 aromatic carbocycles. The molecule has 0 atom stereocenters. The Morgan fingerprint density at radius 3 is 2.43 bits per heavy atom. The van der Waals surface area contributed by atoms with E-state index >= 15 is 0 Å². The summed E-state index contributed by atoms with van der Waals surface area (Å²) in [5.41, 5.74) is 2.70. The first-order chi connectivity index (χ1) is 10.2. The van der Waals surface area contributed by atoms with E-state index in [1.807, 2.05) is 0 Å². The predicted octanol–water partition coefficient (Wildman–Crippen LogP) is 4.90. The second-order valence-corrected chi connectivity index (χ2v) is 5.82. The quantitative estimate of drug-likeness (QED) is 0.618. The Balaban J connectivity index is 2.62. The number of unbranched alkanes of at least 4 members (excludes halogenated alkanes) is 1. The average molecular weight is 289 g/mol. The fraction of sp³-hybridized carbons (Fsp3) is 0.579. The molecule has 0 fully saturated rings. The minimum Gasteiger partial charge on any atom is -0.494 e. The molecule has 0 amide bonds. The minimum atomic E-state index is 0.565. The molecule has 0 aliphatic heterocycles. The molecule has 1 aromatic rings. The van der Waals surface area contributed by atoms with Crippen molar-refractivity contribution in [1.82, 2.24) is 5.32 Å². The van der Waals surface area contributed by atoms with Gasteiger partial charge in [0.15, 0.2) is 0 Å². The van der Waals surface area contributed by atoms with Crippen molar-refractivity contribution in [3.8, 4) is 5.75 Å². The molecular formula is C19H31NO. The lowest BCUT2D eigenvalue weighted by Crippen LogP contribution is -2.19. The van der Waals surface area contributed by atoms with Crippen LogP contribution in [0.3, 0.4) is 0 Å². The molecule has 0 unspecified atom stereocenters. The number of benzene rings is 1. The zero-order valence-corrected chi connectivity index (χ0v) is 14.1. The second-order valence-electron chi connectivity index (χ2n) is 5.82. The first-order valence-electron chi connectivity index (χ1n) is 8.31. The molecule has 1 rings (SSSR count).